The van der Waals surface area contributed by atoms with Crippen LogP contribution in [-0.4, -0.2) is 12.5 Å². The number of rotatable bonds is 4. The molecule has 2 unspecified atom stereocenters. The monoisotopic (exact) mass is 253 g/mol. The molecule has 0 radical (unpaired) electrons. The first kappa shape index (κ1) is 12.6. The van der Waals surface area contributed by atoms with Gasteiger partial charge in [-0.05, 0) is 36.8 Å². The molecule has 1 aromatic rings. The van der Waals surface area contributed by atoms with Crippen molar-refractivity contribution in [2.45, 2.75) is 32.3 Å². The second-order valence-electron chi connectivity index (χ2n) is 4.57. The molecular formula is C13H19NO2S. The summed E-state index contributed by atoms with van der Waals surface area (Å²) >= 11 is 1.62. The van der Waals surface area contributed by atoms with Crippen LogP contribution in [0.3, 0.4) is 0 Å². The third-order valence-electron chi connectivity index (χ3n) is 3.45. The first-order valence-electron chi connectivity index (χ1n) is 6.20. The molecule has 1 fully saturated rings. The molecular weight excluding hydrogens is 234 g/mol. The number of esters is 1. The van der Waals surface area contributed by atoms with Crippen molar-refractivity contribution in [1.82, 2.24) is 0 Å². The molecule has 2 atom stereocenters. The van der Waals surface area contributed by atoms with E-state index in [2.05, 4.69) is 0 Å². The van der Waals surface area contributed by atoms with E-state index < -0.39 is 0 Å². The van der Waals surface area contributed by atoms with Crippen LogP contribution >= 0.6 is 11.3 Å². The number of thiophene rings is 1. The molecule has 1 aliphatic rings. The van der Waals surface area contributed by atoms with E-state index in [9.17, 15) is 4.79 Å². The van der Waals surface area contributed by atoms with Crippen LogP contribution in [-0.2, 0) is 16.1 Å². The van der Waals surface area contributed by atoms with Gasteiger partial charge in [0.25, 0.3) is 0 Å². The Morgan fingerprint density at radius 3 is 3.00 bits per heavy atom. The number of nitrogens with two attached hydrogens (primary N) is 1. The van der Waals surface area contributed by atoms with Crippen LogP contribution in [0.2, 0.25) is 0 Å². The fraction of sp³-hybridized carbons (Fsp3) is 0.615. The molecule has 1 heterocycles. The van der Waals surface area contributed by atoms with Gasteiger partial charge in [0, 0.05) is 4.88 Å². The Bertz CT molecular complexity index is 350. The van der Waals surface area contributed by atoms with Crippen LogP contribution in [0, 0.1) is 11.8 Å². The van der Waals surface area contributed by atoms with Gasteiger partial charge in [-0.25, -0.2) is 0 Å². The summed E-state index contributed by atoms with van der Waals surface area (Å²) in [6.07, 6.45) is 4.31. The maximum Gasteiger partial charge on any atom is 0.309 e. The molecule has 1 aliphatic carbocycles. The zero-order chi connectivity index (χ0) is 12.1. The molecule has 4 heteroatoms. The number of hydrogen-bond donors (Lipinski definition) is 1. The highest BCUT2D eigenvalue weighted by atomic mass is 32.1. The summed E-state index contributed by atoms with van der Waals surface area (Å²) in [4.78, 5) is 13.1. The molecule has 0 bridgehead atoms. The Morgan fingerprint density at radius 1 is 1.47 bits per heavy atom. The minimum atomic E-state index is -0.0615. The second kappa shape index (κ2) is 6.17. The first-order valence-corrected chi connectivity index (χ1v) is 7.08. The highest BCUT2D eigenvalue weighted by molar-refractivity contribution is 7.09. The number of ether oxygens (including phenoxy) is 1. The molecule has 1 aromatic heterocycles. The fourth-order valence-electron chi connectivity index (χ4n) is 2.44. The highest BCUT2D eigenvalue weighted by Crippen LogP contribution is 2.30. The lowest BCUT2D eigenvalue weighted by Crippen LogP contribution is -2.33. The summed E-state index contributed by atoms with van der Waals surface area (Å²) in [5.74, 6) is 0.279. The average molecular weight is 253 g/mol. The zero-order valence-corrected chi connectivity index (χ0v) is 10.7. The predicted molar refractivity (Wildman–Crippen MR) is 68.6 cm³/mol. The van der Waals surface area contributed by atoms with Crippen LogP contribution in [0.4, 0.5) is 0 Å². The molecule has 0 aliphatic heterocycles. The Labute approximate surface area is 106 Å². The lowest BCUT2D eigenvalue weighted by Gasteiger charge is -2.28. The van der Waals surface area contributed by atoms with Gasteiger partial charge >= 0.3 is 5.97 Å². The summed E-state index contributed by atoms with van der Waals surface area (Å²) in [6, 6.07) is 3.95. The van der Waals surface area contributed by atoms with Gasteiger partial charge in [-0.2, -0.15) is 0 Å². The quantitative estimate of drug-likeness (QED) is 0.839. The molecule has 0 saturated heterocycles. The van der Waals surface area contributed by atoms with Crippen LogP contribution < -0.4 is 5.73 Å². The molecule has 2 rings (SSSR count). The smallest absolute Gasteiger partial charge is 0.309 e. The molecule has 2 N–H and O–H groups in total. The van der Waals surface area contributed by atoms with Crippen LogP contribution in [0.5, 0.6) is 0 Å². The Kier molecular flexibility index (Phi) is 4.57. The van der Waals surface area contributed by atoms with Crippen LogP contribution in [0.25, 0.3) is 0 Å². The minimum Gasteiger partial charge on any atom is -0.460 e. The Hall–Kier alpha value is -0.870. The largest absolute Gasteiger partial charge is 0.460 e. The molecule has 0 spiro atoms. The van der Waals surface area contributed by atoms with E-state index in [1.807, 2.05) is 17.5 Å². The van der Waals surface area contributed by atoms with Gasteiger partial charge in [0.1, 0.15) is 6.61 Å². The lowest BCUT2D eigenvalue weighted by molar-refractivity contribution is -0.152. The molecule has 94 valence electrons. The van der Waals surface area contributed by atoms with Gasteiger partial charge in [0.15, 0.2) is 0 Å². The van der Waals surface area contributed by atoms with Gasteiger partial charge in [0.2, 0.25) is 0 Å². The molecule has 0 aromatic carbocycles. The Morgan fingerprint density at radius 2 is 2.29 bits per heavy atom. The van der Waals surface area contributed by atoms with E-state index >= 15 is 0 Å². The fourth-order valence-corrected chi connectivity index (χ4v) is 3.06. The van der Waals surface area contributed by atoms with E-state index in [0.29, 0.717) is 19.1 Å². The summed E-state index contributed by atoms with van der Waals surface area (Å²) in [5.41, 5.74) is 5.72. The van der Waals surface area contributed by atoms with Crippen molar-refractivity contribution in [3.8, 4) is 0 Å². The summed E-state index contributed by atoms with van der Waals surface area (Å²) < 4.78 is 5.37. The van der Waals surface area contributed by atoms with Gasteiger partial charge in [-0.1, -0.05) is 18.9 Å². The molecule has 3 nitrogen and oxygen atoms in total. The van der Waals surface area contributed by atoms with E-state index in [4.69, 9.17) is 10.5 Å². The summed E-state index contributed by atoms with van der Waals surface area (Å²) in [7, 11) is 0. The predicted octanol–water partition coefficient (Wildman–Crippen LogP) is 2.56. The van der Waals surface area contributed by atoms with Gasteiger partial charge in [-0.15, -0.1) is 11.3 Å². The van der Waals surface area contributed by atoms with Crippen molar-refractivity contribution in [3.05, 3.63) is 22.4 Å². The molecule has 0 amide bonds. The first-order chi connectivity index (χ1) is 8.31. The van der Waals surface area contributed by atoms with Gasteiger partial charge in [0.05, 0.1) is 5.92 Å². The standard InChI is InChI=1S/C13H19NO2S/c14-8-10-4-1-2-6-12(10)13(15)16-9-11-5-3-7-17-11/h3,5,7,10,12H,1-2,4,6,8-9,14H2. The normalized spacial score (nSPS) is 24.5. The maximum atomic E-state index is 12.0. The lowest BCUT2D eigenvalue weighted by atomic mass is 9.79. The summed E-state index contributed by atoms with van der Waals surface area (Å²) in [6.45, 7) is 1.00. The minimum absolute atomic E-state index is 0.0220. The third kappa shape index (κ3) is 3.30. The van der Waals surface area contributed by atoms with Crippen molar-refractivity contribution in [2.24, 2.45) is 17.6 Å². The average Bonchev–Trinajstić information content (AvgIpc) is 2.89. The van der Waals surface area contributed by atoms with E-state index in [1.165, 1.54) is 6.42 Å². The SMILES string of the molecule is NCC1CCCCC1C(=O)OCc1cccs1. The van der Waals surface area contributed by atoms with Crippen molar-refractivity contribution in [2.75, 3.05) is 6.54 Å². The maximum absolute atomic E-state index is 12.0. The van der Waals surface area contributed by atoms with Crippen LogP contribution in [0.1, 0.15) is 30.6 Å². The summed E-state index contributed by atoms with van der Waals surface area (Å²) in [5, 5.41) is 1.99. The van der Waals surface area contributed by atoms with Crippen LogP contribution in [0.15, 0.2) is 17.5 Å². The van der Waals surface area contributed by atoms with Gasteiger partial charge < -0.3 is 10.5 Å². The van der Waals surface area contributed by atoms with Crippen molar-refractivity contribution >= 4 is 17.3 Å². The number of carbonyl (C=O) groups excluding carboxylic acids is 1. The highest BCUT2D eigenvalue weighted by Gasteiger charge is 2.31. The van der Waals surface area contributed by atoms with Gasteiger partial charge in [-0.3, -0.25) is 4.79 Å². The van der Waals surface area contributed by atoms with Crippen molar-refractivity contribution in [3.63, 3.8) is 0 Å². The molecule has 17 heavy (non-hydrogen) atoms. The number of carbonyl (C=O) groups is 1. The van der Waals surface area contributed by atoms with Crippen molar-refractivity contribution in [1.29, 1.82) is 0 Å². The second-order valence-corrected chi connectivity index (χ2v) is 5.61. The third-order valence-corrected chi connectivity index (χ3v) is 4.30. The van der Waals surface area contributed by atoms with E-state index in [1.54, 1.807) is 11.3 Å². The zero-order valence-electron chi connectivity index (χ0n) is 9.93. The molecule has 1 saturated carbocycles. The number of hydrogen-bond acceptors (Lipinski definition) is 4. The topological polar surface area (TPSA) is 52.3 Å². The van der Waals surface area contributed by atoms with E-state index in [-0.39, 0.29) is 11.9 Å². The van der Waals surface area contributed by atoms with Crippen molar-refractivity contribution < 1.29 is 9.53 Å². The van der Waals surface area contributed by atoms with E-state index in [0.717, 1.165) is 24.1 Å². The Balaban J connectivity index is 1.85.